The van der Waals surface area contributed by atoms with Crippen molar-refractivity contribution in [3.05, 3.63) is 69.6 Å². The van der Waals surface area contributed by atoms with Crippen LogP contribution >= 0.6 is 31.9 Å². The fourth-order valence-electron chi connectivity index (χ4n) is 3.16. The Morgan fingerprint density at radius 1 is 0.542 bits per heavy atom. The summed E-state index contributed by atoms with van der Waals surface area (Å²) in [5.41, 5.74) is 1.27. The van der Waals surface area contributed by atoms with Crippen molar-refractivity contribution >= 4 is 53.4 Å². The van der Waals surface area contributed by atoms with E-state index in [1.54, 1.807) is 12.1 Å². The van der Waals surface area contributed by atoms with Gasteiger partial charge in [-0.2, -0.15) is 0 Å². The molecule has 0 saturated heterocycles. The van der Waals surface area contributed by atoms with Gasteiger partial charge in [-0.25, -0.2) is 0 Å². The van der Waals surface area contributed by atoms with Crippen molar-refractivity contribution in [2.45, 2.75) is 0 Å². The summed E-state index contributed by atoms with van der Waals surface area (Å²) in [6.45, 7) is 0. The largest absolute Gasteiger partial charge is 0.507 e. The monoisotopic (exact) mass is 442 g/mol. The number of aromatic hydroxyl groups is 2. The molecule has 0 spiro atoms. The highest BCUT2D eigenvalue weighted by atomic mass is 79.9. The number of rotatable bonds is 1. The Morgan fingerprint density at radius 2 is 0.875 bits per heavy atom. The maximum atomic E-state index is 10.6. The van der Waals surface area contributed by atoms with Gasteiger partial charge in [0.15, 0.2) is 0 Å². The molecule has 0 atom stereocenters. The molecular weight excluding hydrogens is 432 g/mol. The molecule has 0 aliphatic carbocycles. The fraction of sp³-hybridized carbons (Fsp3) is 0. The normalized spacial score (nSPS) is 11.2. The van der Waals surface area contributed by atoms with Gasteiger partial charge in [-0.05, 0) is 33.7 Å². The lowest BCUT2D eigenvalue weighted by Gasteiger charge is -2.16. The van der Waals surface area contributed by atoms with E-state index in [1.165, 1.54) is 0 Å². The van der Waals surface area contributed by atoms with Crippen LogP contribution in [0.3, 0.4) is 0 Å². The number of fused-ring (bicyclic) bond motifs is 2. The third kappa shape index (κ3) is 2.29. The van der Waals surface area contributed by atoms with E-state index >= 15 is 0 Å². The number of phenols is 2. The second-order valence-corrected chi connectivity index (χ2v) is 7.30. The predicted octanol–water partition coefficient (Wildman–Crippen LogP) is 6.60. The lowest BCUT2D eigenvalue weighted by molar-refractivity contribution is 0.470. The second-order valence-electron chi connectivity index (χ2n) is 5.60. The van der Waals surface area contributed by atoms with E-state index < -0.39 is 0 Å². The average molecular weight is 444 g/mol. The van der Waals surface area contributed by atoms with E-state index in [-0.39, 0.29) is 11.5 Å². The number of hydrogen-bond acceptors (Lipinski definition) is 2. The summed E-state index contributed by atoms with van der Waals surface area (Å²) < 4.78 is 1.64. The molecule has 2 nitrogen and oxygen atoms in total. The quantitative estimate of drug-likeness (QED) is 0.348. The minimum absolute atomic E-state index is 0.128. The van der Waals surface area contributed by atoms with Crippen molar-refractivity contribution in [1.29, 1.82) is 0 Å². The van der Waals surface area contributed by atoms with Crippen molar-refractivity contribution in [3.8, 4) is 22.6 Å². The molecule has 0 aliphatic rings. The Morgan fingerprint density at radius 3 is 1.25 bits per heavy atom. The van der Waals surface area contributed by atoms with Gasteiger partial charge in [0.1, 0.15) is 11.5 Å². The molecule has 24 heavy (non-hydrogen) atoms. The van der Waals surface area contributed by atoms with E-state index in [1.807, 2.05) is 48.5 Å². The van der Waals surface area contributed by atoms with Gasteiger partial charge in [0.25, 0.3) is 0 Å². The molecule has 0 amide bonds. The standard InChI is InChI=1S/C20H12Br2O2/c21-15-9-17(23)19(13-7-3-1-5-11(13)15)20-14-8-4-2-6-12(14)16(22)10-18(20)24/h1-10,23-24H. The van der Waals surface area contributed by atoms with Crippen molar-refractivity contribution in [1.82, 2.24) is 0 Å². The molecule has 118 valence electrons. The Labute approximate surface area is 155 Å². The molecule has 0 bridgehead atoms. The summed E-state index contributed by atoms with van der Waals surface area (Å²) in [6.07, 6.45) is 0. The smallest absolute Gasteiger partial charge is 0.125 e. The molecule has 0 aromatic heterocycles. The molecule has 4 aromatic carbocycles. The summed E-state index contributed by atoms with van der Waals surface area (Å²) in [4.78, 5) is 0. The maximum Gasteiger partial charge on any atom is 0.125 e. The first kappa shape index (κ1) is 15.5. The lowest BCUT2D eigenvalue weighted by atomic mass is 9.92. The maximum absolute atomic E-state index is 10.6. The molecule has 0 unspecified atom stereocenters. The first-order chi connectivity index (χ1) is 11.6. The zero-order chi connectivity index (χ0) is 16.8. The second kappa shape index (κ2) is 5.80. The topological polar surface area (TPSA) is 40.5 Å². The highest BCUT2D eigenvalue weighted by molar-refractivity contribution is 9.11. The molecule has 4 rings (SSSR count). The van der Waals surface area contributed by atoms with E-state index in [9.17, 15) is 10.2 Å². The van der Waals surface area contributed by atoms with Crippen molar-refractivity contribution in [2.24, 2.45) is 0 Å². The summed E-state index contributed by atoms with van der Waals surface area (Å²) in [6, 6.07) is 19.0. The SMILES string of the molecule is Oc1cc(Br)c2ccccc2c1-c1c(O)cc(Br)c2ccccc12. The number of halogens is 2. The highest BCUT2D eigenvalue weighted by Crippen LogP contribution is 2.47. The number of benzene rings is 4. The van der Waals surface area contributed by atoms with Gasteiger partial charge < -0.3 is 10.2 Å². The first-order valence-corrected chi connectivity index (χ1v) is 8.97. The van der Waals surface area contributed by atoms with Crippen LogP contribution < -0.4 is 0 Å². The number of hydrogen-bond donors (Lipinski definition) is 2. The lowest BCUT2D eigenvalue weighted by Crippen LogP contribution is -1.88. The molecule has 0 heterocycles. The minimum Gasteiger partial charge on any atom is -0.507 e. The van der Waals surface area contributed by atoms with Gasteiger partial charge in [0.2, 0.25) is 0 Å². The minimum atomic E-state index is 0.128. The molecule has 4 heteroatoms. The molecule has 4 aromatic rings. The van der Waals surface area contributed by atoms with Crippen molar-refractivity contribution < 1.29 is 10.2 Å². The van der Waals surface area contributed by atoms with Crippen LogP contribution in [0.1, 0.15) is 0 Å². The van der Waals surface area contributed by atoms with Crippen LogP contribution in [0, 0.1) is 0 Å². The van der Waals surface area contributed by atoms with Gasteiger partial charge in [-0.1, -0.05) is 80.4 Å². The predicted molar refractivity (Wildman–Crippen MR) is 106 cm³/mol. The summed E-state index contributed by atoms with van der Waals surface area (Å²) in [5.74, 6) is 0.256. The van der Waals surface area contributed by atoms with E-state index in [4.69, 9.17) is 0 Å². The van der Waals surface area contributed by atoms with Gasteiger partial charge in [0, 0.05) is 20.1 Å². The van der Waals surface area contributed by atoms with Gasteiger partial charge in [0.05, 0.1) is 0 Å². The Kier molecular flexibility index (Phi) is 3.74. The Hall–Kier alpha value is -2.04. The average Bonchev–Trinajstić information content (AvgIpc) is 2.57. The van der Waals surface area contributed by atoms with Crippen LogP contribution in [0.25, 0.3) is 32.7 Å². The summed E-state index contributed by atoms with van der Waals surface area (Å²) >= 11 is 7.01. The van der Waals surface area contributed by atoms with E-state index in [2.05, 4.69) is 31.9 Å². The van der Waals surface area contributed by atoms with E-state index in [0.29, 0.717) is 11.1 Å². The van der Waals surface area contributed by atoms with Crippen LogP contribution in [0.5, 0.6) is 11.5 Å². The molecule has 2 N–H and O–H groups in total. The first-order valence-electron chi connectivity index (χ1n) is 7.38. The third-order valence-corrected chi connectivity index (χ3v) is 5.51. The van der Waals surface area contributed by atoms with Gasteiger partial charge in [-0.15, -0.1) is 0 Å². The zero-order valence-electron chi connectivity index (χ0n) is 12.4. The Balaban J connectivity index is 2.23. The van der Waals surface area contributed by atoms with Crippen LogP contribution in [0.2, 0.25) is 0 Å². The van der Waals surface area contributed by atoms with Crippen molar-refractivity contribution in [2.75, 3.05) is 0 Å². The molecule has 0 radical (unpaired) electrons. The zero-order valence-corrected chi connectivity index (χ0v) is 15.6. The highest BCUT2D eigenvalue weighted by Gasteiger charge is 2.19. The van der Waals surface area contributed by atoms with Crippen molar-refractivity contribution in [3.63, 3.8) is 0 Å². The third-order valence-electron chi connectivity index (χ3n) is 4.20. The molecule has 0 saturated carbocycles. The molecular formula is C20H12Br2O2. The summed E-state index contributed by atoms with van der Waals surface area (Å²) in [5, 5.41) is 25.0. The van der Waals surface area contributed by atoms with Crippen LogP contribution in [0.15, 0.2) is 69.6 Å². The molecule has 0 fully saturated rings. The fourth-order valence-corrected chi connectivity index (χ4v) is 4.29. The Bertz CT molecular complexity index is 1010. The molecule has 0 aliphatic heterocycles. The number of phenolic OH excluding ortho intramolecular Hbond substituents is 2. The van der Waals surface area contributed by atoms with E-state index in [0.717, 1.165) is 30.5 Å². The van der Waals surface area contributed by atoms with Crippen LogP contribution in [0.4, 0.5) is 0 Å². The summed E-state index contributed by atoms with van der Waals surface area (Å²) in [7, 11) is 0. The van der Waals surface area contributed by atoms with Crippen LogP contribution in [-0.4, -0.2) is 10.2 Å². The van der Waals surface area contributed by atoms with Gasteiger partial charge >= 0.3 is 0 Å². The van der Waals surface area contributed by atoms with Crippen LogP contribution in [-0.2, 0) is 0 Å². The van der Waals surface area contributed by atoms with Gasteiger partial charge in [-0.3, -0.25) is 0 Å².